The first-order valence-electron chi connectivity index (χ1n) is 5.06. The van der Waals surface area contributed by atoms with Crippen molar-refractivity contribution in [1.29, 1.82) is 0 Å². The molecule has 0 aliphatic carbocycles. The summed E-state index contributed by atoms with van der Waals surface area (Å²) in [6.07, 6.45) is 1.22. The third-order valence-corrected chi connectivity index (χ3v) is 5.40. The molecule has 0 saturated heterocycles. The van der Waals surface area contributed by atoms with Crippen LogP contribution in [0.4, 0.5) is 0 Å². The number of halogens is 1. The second-order valence-corrected chi connectivity index (χ2v) is 7.41. The zero-order valence-corrected chi connectivity index (χ0v) is 11.6. The second kappa shape index (κ2) is 5.83. The third kappa shape index (κ3) is 4.10. The summed E-state index contributed by atoms with van der Waals surface area (Å²) >= 11 is 3.37. The van der Waals surface area contributed by atoms with Gasteiger partial charge in [-0.15, -0.1) is 0 Å². The van der Waals surface area contributed by atoms with E-state index in [1.54, 1.807) is 0 Å². The van der Waals surface area contributed by atoms with Gasteiger partial charge in [-0.05, 0) is 17.7 Å². The van der Waals surface area contributed by atoms with Gasteiger partial charge in [0, 0.05) is 16.8 Å². The van der Waals surface area contributed by atoms with Crippen molar-refractivity contribution in [3.63, 3.8) is 0 Å². The van der Waals surface area contributed by atoms with Crippen LogP contribution in [0.15, 0.2) is 28.7 Å². The van der Waals surface area contributed by atoms with Crippen molar-refractivity contribution in [3.8, 4) is 0 Å². The molecular weight excluding hydrogens is 275 g/mol. The van der Waals surface area contributed by atoms with Crippen LogP contribution >= 0.6 is 23.3 Å². The number of rotatable bonds is 5. The van der Waals surface area contributed by atoms with Crippen LogP contribution in [0.2, 0.25) is 0 Å². The molecule has 0 aliphatic rings. The Kier molecular flexibility index (Phi) is 5.04. The van der Waals surface area contributed by atoms with Crippen molar-refractivity contribution in [2.24, 2.45) is 0 Å². The molecular formula is C11H16BrO2P. The van der Waals surface area contributed by atoms with Gasteiger partial charge >= 0.3 is 0 Å². The first-order valence-corrected chi connectivity index (χ1v) is 7.85. The van der Waals surface area contributed by atoms with Gasteiger partial charge in [-0.25, -0.2) is 0 Å². The van der Waals surface area contributed by atoms with Crippen LogP contribution in [-0.4, -0.2) is 12.3 Å². The van der Waals surface area contributed by atoms with E-state index in [9.17, 15) is 4.57 Å². The van der Waals surface area contributed by atoms with Gasteiger partial charge in [-0.1, -0.05) is 41.9 Å². The van der Waals surface area contributed by atoms with Crippen molar-refractivity contribution < 1.29 is 9.09 Å². The summed E-state index contributed by atoms with van der Waals surface area (Å²) in [6, 6.07) is 7.86. The lowest BCUT2D eigenvalue weighted by molar-refractivity contribution is 0.304. The molecule has 1 aromatic carbocycles. The zero-order chi connectivity index (χ0) is 11.3. The van der Waals surface area contributed by atoms with Gasteiger partial charge in [-0.2, -0.15) is 0 Å². The molecule has 0 saturated carbocycles. The highest BCUT2D eigenvalue weighted by atomic mass is 79.9. The van der Waals surface area contributed by atoms with Gasteiger partial charge in [0.15, 0.2) is 0 Å². The summed E-state index contributed by atoms with van der Waals surface area (Å²) in [5.41, 5.74) is 1.06. The molecule has 0 fully saturated rings. The maximum absolute atomic E-state index is 12.0. The minimum atomic E-state index is -2.37. The van der Waals surface area contributed by atoms with Crippen molar-refractivity contribution in [2.75, 3.05) is 12.3 Å². The first-order chi connectivity index (χ1) is 7.09. The molecule has 0 atom stereocenters. The molecule has 0 aromatic heterocycles. The fraction of sp³-hybridized carbons (Fsp3) is 0.455. The van der Waals surface area contributed by atoms with Gasteiger partial charge in [0.2, 0.25) is 7.37 Å². The lowest BCUT2D eigenvalue weighted by Gasteiger charge is -2.14. The van der Waals surface area contributed by atoms with E-state index in [-0.39, 0.29) is 0 Å². The van der Waals surface area contributed by atoms with E-state index < -0.39 is 7.37 Å². The number of hydrogen-bond donors (Lipinski definition) is 0. The standard InChI is InChI=1S/C11H16BrO2P/c1-3-15(13,4-2)14-9-10-5-7-11(12)8-6-10/h5-8H,3-4,9H2,1-2H3. The maximum atomic E-state index is 12.0. The molecule has 15 heavy (non-hydrogen) atoms. The summed E-state index contributed by atoms with van der Waals surface area (Å²) in [6.45, 7) is 4.25. The summed E-state index contributed by atoms with van der Waals surface area (Å²) < 4.78 is 18.5. The predicted molar refractivity (Wildman–Crippen MR) is 67.6 cm³/mol. The van der Waals surface area contributed by atoms with E-state index in [1.807, 2.05) is 38.1 Å². The zero-order valence-electron chi connectivity index (χ0n) is 9.07. The molecule has 0 spiro atoms. The summed E-state index contributed by atoms with van der Waals surface area (Å²) in [5, 5.41) is 0. The quantitative estimate of drug-likeness (QED) is 0.757. The van der Waals surface area contributed by atoms with Crippen molar-refractivity contribution in [2.45, 2.75) is 20.5 Å². The molecule has 1 aromatic rings. The predicted octanol–water partition coefficient (Wildman–Crippen LogP) is 4.28. The van der Waals surface area contributed by atoms with Gasteiger partial charge in [-0.3, -0.25) is 4.57 Å². The Morgan fingerprint density at radius 3 is 2.20 bits per heavy atom. The molecule has 2 nitrogen and oxygen atoms in total. The lowest BCUT2D eigenvalue weighted by Crippen LogP contribution is -1.96. The van der Waals surface area contributed by atoms with Gasteiger partial charge < -0.3 is 4.52 Å². The smallest absolute Gasteiger partial charge is 0.202 e. The summed E-state index contributed by atoms with van der Waals surface area (Å²) in [5.74, 6) is 0. The molecule has 0 amide bonds. The van der Waals surface area contributed by atoms with Crippen molar-refractivity contribution in [1.82, 2.24) is 0 Å². The van der Waals surface area contributed by atoms with Crippen LogP contribution in [0, 0.1) is 0 Å². The highest BCUT2D eigenvalue weighted by molar-refractivity contribution is 9.10. The maximum Gasteiger partial charge on any atom is 0.202 e. The Bertz CT molecular complexity index is 340. The minimum Gasteiger partial charge on any atom is -0.324 e. The Balaban J connectivity index is 2.57. The third-order valence-electron chi connectivity index (χ3n) is 2.34. The van der Waals surface area contributed by atoms with E-state index in [0.29, 0.717) is 18.9 Å². The number of benzene rings is 1. The monoisotopic (exact) mass is 290 g/mol. The number of hydrogen-bond acceptors (Lipinski definition) is 2. The van der Waals surface area contributed by atoms with Gasteiger partial charge in [0.25, 0.3) is 0 Å². The minimum absolute atomic E-state index is 0.437. The first kappa shape index (κ1) is 13.0. The molecule has 0 N–H and O–H groups in total. The Morgan fingerprint density at radius 1 is 1.20 bits per heavy atom. The van der Waals surface area contributed by atoms with Gasteiger partial charge in [0.1, 0.15) is 0 Å². The Morgan fingerprint density at radius 2 is 1.73 bits per heavy atom. The largest absolute Gasteiger partial charge is 0.324 e. The average Bonchev–Trinajstić information content (AvgIpc) is 2.28. The molecule has 0 unspecified atom stereocenters. The van der Waals surface area contributed by atoms with Crippen LogP contribution in [0.3, 0.4) is 0 Å². The molecule has 1 rings (SSSR count). The van der Waals surface area contributed by atoms with Gasteiger partial charge in [0.05, 0.1) is 6.61 Å². The van der Waals surface area contributed by atoms with Crippen LogP contribution < -0.4 is 0 Å². The molecule has 0 radical (unpaired) electrons. The van der Waals surface area contributed by atoms with Crippen molar-refractivity contribution in [3.05, 3.63) is 34.3 Å². The molecule has 84 valence electrons. The normalized spacial score (nSPS) is 11.7. The van der Waals surface area contributed by atoms with E-state index in [4.69, 9.17) is 4.52 Å². The second-order valence-electron chi connectivity index (χ2n) is 3.35. The van der Waals surface area contributed by atoms with Crippen LogP contribution in [0.25, 0.3) is 0 Å². The highest BCUT2D eigenvalue weighted by Gasteiger charge is 2.17. The summed E-state index contributed by atoms with van der Waals surface area (Å²) in [4.78, 5) is 0. The molecule has 0 aliphatic heterocycles. The van der Waals surface area contributed by atoms with E-state index in [0.717, 1.165) is 10.0 Å². The Hall–Kier alpha value is -0.110. The lowest BCUT2D eigenvalue weighted by atomic mass is 10.2. The SMILES string of the molecule is CCP(=O)(CC)OCc1ccc(Br)cc1. The average molecular weight is 291 g/mol. The van der Waals surface area contributed by atoms with Crippen LogP contribution in [-0.2, 0) is 15.7 Å². The van der Waals surface area contributed by atoms with E-state index in [1.165, 1.54) is 0 Å². The topological polar surface area (TPSA) is 26.3 Å². The fourth-order valence-corrected chi connectivity index (χ4v) is 2.64. The summed E-state index contributed by atoms with van der Waals surface area (Å²) in [7, 11) is -2.37. The Labute approximate surface area is 99.6 Å². The van der Waals surface area contributed by atoms with E-state index in [2.05, 4.69) is 15.9 Å². The van der Waals surface area contributed by atoms with Crippen LogP contribution in [0.1, 0.15) is 19.4 Å². The molecule has 0 heterocycles. The fourth-order valence-electron chi connectivity index (χ4n) is 1.18. The van der Waals surface area contributed by atoms with Crippen LogP contribution in [0.5, 0.6) is 0 Å². The van der Waals surface area contributed by atoms with E-state index >= 15 is 0 Å². The van der Waals surface area contributed by atoms with Crippen molar-refractivity contribution >= 4 is 23.3 Å². The highest BCUT2D eigenvalue weighted by Crippen LogP contribution is 2.46. The molecule has 0 bridgehead atoms. The molecule has 4 heteroatoms.